The Hall–Kier alpha value is -1.68. The molecule has 0 saturated heterocycles. The van der Waals surface area contributed by atoms with E-state index in [1.54, 1.807) is 0 Å². The topological polar surface area (TPSA) is 127 Å². The Morgan fingerprint density at radius 2 is 1.47 bits per heavy atom. The van der Waals surface area contributed by atoms with Crippen molar-refractivity contribution in [2.45, 2.75) is 6.42 Å². The van der Waals surface area contributed by atoms with Gasteiger partial charge in [-0.15, -0.1) is 0 Å². The van der Waals surface area contributed by atoms with Gasteiger partial charge in [-0.1, -0.05) is 0 Å². The zero-order chi connectivity index (χ0) is 15.1. The van der Waals surface area contributed by atoms with E-state index in [-0.39, 0.29) is 0 Å². The molecule has 0 aliphatic carbocycles. The SMILES string of the molecule is COC(=O)CN(CC(=O)OC)S(=O)(=O)CCC(=O)O. The molecule has 0 aliphatic heterocycles. The highest BCUT2D eigenvalue weighted by Crippen LogP contribution is 2.04. The summed E-state index contributed by atoms with van der Waals surface area (Å²) in [5.74, 6) is -3.78. The Labute approximate surface area is 110 Å². The number of hydrogen-bond acceptors (Lipinski definition) is 7. The minimum absolute atomic E-state index is 0.521. The molecule has 0 atom stereocenters. The summed E-state index contributed by atoms with van der Waals surface area (Å²) >= 11 is 0. The second kappa shape index (κ2) is 7.69. The molecule has 0 rings (SSSR count). The minimum Gasteiger partial charge on any atom is -0.481 e. The van der Waals surface area contributed by atoms with Crippen molar-refractivity contribution in [3.05, 3.63) is 0 Å². The van der Waals surface area contributed by atoms with Gasteiger partial charge in [0.2, 0.25) is 10.0 Å². The second-order valence-electron chi connectivity index (χ2n) is 3.38. The first-order valence-electron chi connectivity index (χ1n) is 5.06. The van der Waals surface area contributed by atoms with Gasteiger partial charge in [0.25, 0.3) is 0 Å². The van der Waals surface area contributed by atoms with Crippen LogP contribution < -0.4 is 0 Å². The van der Waals surface area contributed by atoms with Crippen LogP contribution in [-0.4, -0.2) is 68.8 Å². The average molecular weight is 297 g/mol. The maximum atomic E-state index is 11.8. The molecule has 110 valence electrons. The fraction of sp³-hybridized carbons (Fsp3) is 0.667. The molecular weight excluding hydrogens is 282 g/mol. The predicted molar refractivity (Wildman–Crippen MR) is 61.6 cm³/mol. The molecule has 0 saturated carbocycles. The smallest absolute Gasteiger partial charge is 0.321 e. The fourth-order valence-corrected chi connectivity index (χ4v) is 2.31. The first-order valence-corrected chi connectivity index (χ1v) is 6.67. The van der Waals surface area contributed by atoms with E-state index in [2.05, 4.69) is 9.47 Å². The van der Waals surface area contributed by atoms with Gasteiger partial charge in [-0.25, -0.2) is 8.42 Å². The molecule has 0 aromatic rings. The van der Waals surface area contributed by atoms with Crippen molar-refractivity contribution < 1.29 is 37.4 Å². The lowest BCUT2D eigenvalue weighted by Crippen LogP contribution is -2.41. The van der Waals surface area contributed by atoms with Crippen molar-refractivity contribution in [2.24, 2.45) is 0 Å². The van der Waals surface area contributed by atoms with Crippen LogP contribution >= 0.6 is 0 Å². The number of aliphatic carboxylic acids is 1. The van der Waals surface area contributed by atoms with Gasteiger partial charge >= 0.3 is 17.9 Å². The molecule has 0 amide bonds. The van der Waals surface area contributed by atoms with E-state index < -0.39 is 53.2 Å². The number of esters is 2. The maximum absolute atomic E-state index is 11.8. The van der Waals surface area contributed by atoms with Crippen LogP contribution in [0.4, 0.5) is 0 Å². The van der Waals surface area contributed by atoms with Crippen LogP contribution in [0.25, 0.3) is 0 Å². The summed E-state index contributed by atoms with van der Waals surface area (Å²) in [5, 5.41) is 8.45. The summed E-state index contributed by atoms with van der Waals surface area (Å²) in [7, 11) is -1.96. The second-order valence-corrected chi connectivity index (χ2v) is 5.47. The highest BCUT2D eigenvalue weighted by molar-refractivity contribution is 7.89. The molecule has 0 bridgehead atoms. The van der Waals surface area contributed by atoms with Gasteiger partial charge in [0.15, 0.2) is 0 Å². The average Bonchev–Trinajstić information content (AvgIpc) is 2.35. The summed E-state index contributed by atoms with van der Waals surface area (Å²) < 4.78 is 32.7. The quantitative estimate of drug-likeness (QED) is 0.533. The van der Waals surface area contributed by atoms with Crippen LogP contribution in [0.1, 0.15) is 6.42 Å². The fourth-order valence-electron chi connectivity index (χ4n) is 1.02. The van der Waals surface area contributed by atoms with Crippen molar-refractivity contribution in [3.63, 3.8) is 0 Å². The molecule has 1 N–H and O–H groups in total. The lowest BCUT2D eigenvalue weighted by atomic mass is 10.5. The standard InChI is InChI=1S/C9H15NO8S/c1-17-8(13)5-10(6-9(14)18-2)19(15,16)4-3-7(11)12/h3-6H2,1-2H3,(H,11,12). The van der Waals surface area contributed by atoms with E-state index in [1.165, 1.54) is 0 Å². The van der Waals surface area contributed by atoms with Gasteiger partial charge in [0.1, 0.15) is 13.1 Å². The molecule has 0 unspecified atom stereocenters. The Morgan fingerprint density at radius 3 is 1.79 bits per heavy atom. The molecule has 10 heteroatoms. The lowest BCUT2D eigenvalue weighted by molar-refractivity contribution is -0.143. The maximum Gasteiger partial charge on any atom is 0.321 e. The normalized spacial score (nSPS) is 11.1. The zero-order valence-corrected chi connectivity index (χ0v) is 11.3. The van der Waals surface area contributed by atoms with Gasteiger partial charge < -0.3 is 14.6 Å². The van der Waals surface area contributed by atoms with E-state index in [0.29, 0.717) is 4.31 Å². The summed E-state index contributed by atoms with van der Waals surface area (Å²) in [5.41, 5.74) is 0. The highest BCUT2D eigenvalue weighted by Gasteiger charge is 2.28. The minimum atomic E-state index is -4.08. The number of methoxy groups -OCH3 is 2. The number of nitrogens with zero attached hydrogens (tertiary/aromatic N) is 1. The third-order valence-electron chi connectivity index (χ3n) is 2.03. The number of carbonyl (C=O) groups is 3. The van der Waals surface area contributed by atoms with Crippen LogP contribution in [0.2, 0.25) is 0 Å². The number of sulfonamides is 1. The summed E-state index contributed by atoms with van der Waals surface area (Å²) in [6, 6.07) is 0. The highest BCUT2D eigenvalue weighted by atomic mass is 32.2. The van der Waals surface area contributed by atoms with Gasteiger partial charge in [-0.3, -0.25) is 14.4 Å². The molecule has 19 heavy (non-hydrogen) atoms. The van der Waals surface area contributed by atoms with Crippen molar-refractivity contribution in [1.29, 1.82) is 0 Å². The molecule has 0 spiro atoms. The number of rotatable bonds is 8. The number of ether oxygens (including phenoxy) is 2. The Morgan fingerprint density at radius 1 is 1.05 bits per heavy atom. The van der Waals surface area contributed by atoms with Crippen molar-refractivity contribution >= 4 is 27.9 Å². The number of carboxylic acids is 1. The van der Waals surface area contributed by atoms with Crippen LogP contribution in [0.3, 0.4) is 0 Å². The molecule has 0 aromatic carbocycles. The Balaban J connectivity index is 4.93. The van der Waals surface area contributed by atoms with Gasteiger partial charge in [0, 0.05) is 0 Å². The predicted octanol–water partition coefficient (Wildman–Crippen LogP) is -1.56. The van der Waals surface area contributed by atoms with Gasteiger partial charge in [-0.2, -0.15) is 4.31 Å². The zero-order valence-electron chi connectivity index (χ0n) is 10.5. The van der Waals surface area contributed by atoms with E-state index in [9.17, 15) is 22.8 Å². The molecule has 0 aliphatic rings. The third kappa shape index (κ3) is 6.72. The van der Waals surface area contributed by atoms with Crippen molar-refractivity contribution in [3.8, 4) is 0 Å². The van der Waals surface area contributed by atoms with Crippen molar-refractivity contribution in [2.75, 3.05) is 33.1 Å². The number of carboxylic acid groups (broad SMARTS) is 1. The van der Waals surface area contributed by atoms with Crippen LogP contribution in [-0.2, 0) is 33.9 Å². The Bertz CT molecular complexity index is 425. The van der Waals surface area contributed by atoms with E-state index in [1.807, 2.05) is 0 Å². The monoisotopic (exact) mass is 297 g/mol. The summed E-state index contributed by atoms with van der Waals surface area (Å²) in [6.07, 6.45) is -0.638. The first-order chi connectivity index (χ1) is 8.72. The summed E-state index contributed by atoms with van der Waals surface area (Å²) in [4.78, 5) is 32.5. The number of carbonyl (C=O) groups excluding carboxylic acids is 2. The molecule has 0 heterocycles. The number of hydrogen-bond donors (Lipinski definition) is 1. The molecule has 0 fully saturated rings. The van der Waals surface area contributed by atoms with Crippen LogP contribution in [0.5, 0.6) is 0 Å². The van der Waals surface area contributed by atoms with E-state index >= 15 is 0 Å². The third-order valence-corrected chi connectivity index (χ3v) is 3.80. The molecular formula is C9H15NO8S. The first kappa shape index (κ1) is 17.3. The molecule has 9 nitrogen and oxygen atoms in total. The summed E-state index contributed by atoms with van der Waals surface area (Å²) in [6.45, 7) is -1.37. The lowest BCUT2D eigenvalue weighted by Gasteiger charge is -2.19. The van der Waals surface area contributed by atoms with Crippen LogP contribution in [0, 0.1) is 0 Å². The van der Waals surface area contributed by atoms with E-state index in [4.69, 9.17) is 5.11 Å². The van der Waals surface area contributed by atoms with Crippen molar-refractivity contribution in [1.82, 2.24) is 4.31 Å². The Kier molecular flexibility index (Phi) is 7.01. The molecule has 0 aromatic heterocycles. The van der Waals surface area contributed by atoms with Crippen LogP contribution in [0.15, 0.2) is 0 Å². The van der Waals surface area contributed by atoms with Gasteiger partial charge in [-0.05, 0) is 0 Å². The van der Waals surface area contributed by atoms with Gasteiger partial charge in [0.05, 0.1) is 26.4 Å². The molecule has 0 radical (unpaired) electrons. The van der Waals surface area contributed by atoms with E-state index in [0.717, 1.165) is 14.2 Å². The largest absolute Gasteiger partial charge is 0.481 e.